The molecule has 96 valence electrons. The maximum absolute atomic E-state index is 12.1. The zero-order valence-corrected chi connectivity index (χ0v) is 12.0. The molecule has 1 aromatic carbocycles. The molecule has 18 heavy (non-hydrogen) atoms. The monoisotopic (exact) mass is 330 g/mol. The van der Waals surface area contributed by atoms with Gasteiger partial charge in [0.05, 0.1) is 17.1 Å². The van der Waals surface area contributed by atoms with E-state index < -0.39 is 10.0 Å². The van der Waals surface area contributed by atoms with Crippen LogP contribution in [-0.4, -0.2) is 13.6 Å². The van der Waals surface area contributed by atoms with Crippen LogP contribution in [0, 0.1) is 6.92 Å². The first-order valence-electron chi connectivity index (χ1n) is 5.14. The number of nitrogens with one attached hydrogen (secondary N) is 1. The van der Waals surface area contributed by atoms with E-state index in [2.05, 4.69) is 30.3 Å². The molecule has 0 spiro atoms. The molecule has 5 nitrogen and oxygen atoms in total. The quantitative estimate of drug-likeness (QED) is 0.932. The first kappa shape index (κ1) is 13.3. The Labute approximate surface area is 113 Å². The molecule has 1 N–H and O–H groups in total. The van der Waals surface area contributed by atoms with Gasteiger partial charge in [-0.2, -0.15) is 0 Å². The van der Waals surface area contributed by atoms with Gasteiger partial charge in [-0.15, -0.1) is 0 Å². The van der Waals surface area contributed by atoms with Gasteiger partial charge in [-0.05, 0) is 24.6 Å². The van der Waals surface area contributed by atoms with E-state index in [4.69, 9.17) is 0 Å². The molecule has 2 aromatic rings. The largest absolute Gasteiger partial charge is 0.364 e. The Kier molecular flexibility index (Phi) is 3.84. The van der Waals surface area contributed by atoms with E-state index in [-0.39, 0.29) is 11.4 Å². The highest BCUT2D eigenvalue weighted by Gasteiger charge is 2.17. The summed E-state index contributed by atoms with van der Waals surface area (Å²) in [6.45, 7) is 1.85. The van der Waals surface area contributed by atoms with Gasteiger partial charge in [0.2, 0.25) is 10.0 Å². The first-order valence-corrected chi connectivity index (χ1v) is 7.42. The average Bonchev–Trinajstić information content (AvgIpc) is 2.83. The molecule has 0 bridgehead atoms. The lowest BCUT2D eigenvalue weighted by Crippen LogP contribution is -2.24. The highest BCUT2D eigenvalue weighted by molar-refractivity contribution is 9.10. The van der Waals surface area contributed by atoms with Crippen molar-refractivity contribution in [2.24, 2.45) is 0 Å². The van der Waals surface area contributed by atoms with Crippen LogP contribution >= 0.6 is 15.9 Å². The number of aryl methyl sites for hydroxylation is 1. The molecule has 0 aliphatic heterocycles. The summed E-state index contributed by atoms with van der Waals surface area (Å²) in [7, 11) is -3.55. The summed E-state index contributed by atoms with van der Waals surface area (Å²) in [6, 6.07) is 6.72. The summed E-state index contributed by atoms with van der Waals surface area (Å²) >= 11 is 3.26. The predicted octanol–water partition coefficient (Wildman–Crippen LogP) is 2.22. The highest BCUT2D eigenvalue weighted by atomic mass is 79.9. The van der Waals surface area contributed by atoms with Gasteiger partial charge < -0.3 is 4.52 Å². The third-order valence-electron chi connectivity index (χ3n) is 2.37. The fourth-order valence-electron chi connectivity index (χ4n) is 1.44. The van der Waals surface area contributed by atoms with E-state index in [0.717, 1.165) is 4.47 Å². The van der Waals surface area contributed by atoms with Crippen LogP contribution in [0.25, 0.3) is 0 Å². The normalized spacial score (nSPS) is 11.7. The third-order valence-corrected chi connectivity index (χ3v) is 4.41. The van der Waals surface area contributed by atoms with E-state index in [1.54, 1.807) is 31.2 Å². The van der Waals surface area contributed by atoms with Gasteiger partial charge in [0.15, 0.2) is 0 Å². The van der Waals surface area contributed by atoms with E-state index in [1.807, 2.05) is 0 Å². The van der Waals surface area contributed by atoms with Crippen LogP contribution in [0.15, 0.2) is 44.4 Å². The van der Waals surface area contributed by atoms with Crippen LogP contribution in [0.3, 0.4) is 0 Å². The SMILES string of the molecule is Cc1ccc(Br)cc1S(=O)(=O)NCc1ccon1. The minimum absolute atomic E-state index is 0.102. The van der Waals surface area contributed by atoms with Crippen molar-refractivity contribution >= 4 is 26.0 Å². The Morgan fingerprint density at radius 1 is 1.39 bits per heavy atom. The second-order valence-electron chi connectivity index (χ2n) is 3.73. The average molecular weight is 331 g/mol. The summed E-state index contributed by atoms with van der Waals surface area (Å²) in [5, 5.41) is 3.64. The van der Waals surface area contributed by atoms with Crippen molar-refractivity contribution in [3.63, 3.8) is 0 Å². The van der Waals surface area contributed by atoms with Gasteiger partial charge in [0.25, 0.3) is 0 Å². The Morgan fingerprint density at radius 3 is 2.83 bits per heavy atom. The fraction of sp³-hybridized carbons (Fsp3) is 0.182. The number of benzene rings is 1. The zero-order valence-electron chi connectivity index (χ0n) is 9.55. The van der Waals surface area contributed by atoms with Crippen LogP contribution in [-0.2, 0) is 16.6 Å². The standard InChI is InChI=1S/C11H11BrN2O3S/c1-8-2-3-9(12)6-11(8)18(15,16)13-7-10-4-5-17-14-10/h2-6,13H,7H2,1H3. The molecule has 0 atom stereocenters. The van der Waals surface area contributed by atoms with Gasteiger partial charge in [-0.1, -0.05) is 27.2 Å². The van der Waals surface area contributed by atoms with Crippen molar-refractivity contribution in [3.05, 3.63) is 46.3 Å². The van der Waals surface area contributed by atoms with Gasteiger partial charge in [-0.25, -0.2) is 13.1 Å². The third kappa shape index (κ3) is 2.98. The van der Waals surface area contributed by atoms with E-state index in [0.29, 0.717) is 11.3 Å². The topological polar surface area (TPSA) is 72.2 Å². The second kappa shape index (κ2) is 5.21. The Morgan fingerprint density at radius 2 is 2.17 bits per heavy atom. The van der Waals surface area contributed by atoms with Crippen LogP contribution < -0.4 is 4.72 Å². The number of aromatic nitrogens is 1. The van der Waals surface area contributed by atoms with Gasteiger partial charge >= 0.3 is 0 Å². The summed E-state index contributed by atoms with van der Waals surface area (Å²) in [5.41, 5.74) is 1.22. The number of hydrogen-bond donors (Lipinski definition) is 1. The lowest BCUT2D eigenvalue weighted by Gasteiger charge is -2.08. The molecular formula is C11H11BrN2O3S. The van der Waals surface area contributed by atoms with Crippen LogP contribution in [0.4, 0.5) is 0 Å². The Balaban J connectivity index is 2.22. The second-order valence-corrected chi connectivity index (χ2v) is 6.38. The van der Waals surface area contributed by atoms with E-state index in [9.17, 15) is 8.42 Å². The van der Waals surface area contributed by atoms with Crippen molar-refractivity contribution in [2.45, 2.75) is 18.4 Å². The molecule has 0 amide bonds. The summed E-state index contributed by atoms with van der Waals surface area (Å²) in [6.07, 6.45) is 1.40. The summed E-state index contributed by atoms with van der Waals surface area (Å²) in [4.78, 5) is 0.250. The van der Waals surface area contributed by atoms with Crippen molar-refractivity contribution in [1.82, 2.24) is 9.88 Å². The number of nitrogens with zero attached hydrogens (tertiary/aromatic N) is 1. The number of hydrogen-bond acceptors (Lipinski definition) is 4. The lowest BCUT2D eigenvalue weighted by molar-refractivity contribution is 0.411. The molecule has 0 aliphatic rings. The minimum Gasteiger partial charge on any atom is -0.364 e. The van der Waals surface area contributed by atoms with Crippen LogP contribution in [0.2, 0.25) is 0 Å². The van der Waals surface area contributed by atoms with Gasteiger partial charge in [0.1, 0.15) is 6.26 Å². The number of halogens is 1. The molecule has 2 rings (SSSR count). The minimum atomic E-state index is -3.55. The molecule has 0 saturated carbocycles. The Hall–Kier alpha value is -1.18. The van der Waals surface area contributed by atoms with Crippen LogP contribution in [0.5, 0.6) is 0 Å². The van der Waals surface area contributed by atoms with Crippen molar-refractivity contribution in [1.29, 1.82) is 0 Å². The molecule has 0 aliphatic carbocycles. The zero-order chi connectivity index (χ0) is 13.2. The van der Waals surface area contributed by atoms with E-state index in [1.165, 1.54) is 6.26 Å². The molecule has 7 heteroatoms. The van der Waals surface area contributed by atoms with Crippen molar-refractivity contribution in [3.8, 4) is 0 Å². The molecule has 0 fully saturated rings. The molecule has 1 aromatic heterocycles. The maximum Gasteiger partial charge on any atom is 0.241 e. The number of sulfonamides is 1. The predicted molar refractivity (Wildman–Crippen MR) is 69.4 cm³/mol. The summed E-state index contributed by atoms with van der Waals surface area (Å²) in [5.74, 6) is 0. The number of rotatable bonds is 4. The maximum atomic E-state index is 12.1. The smallest absolute Gasteiger partial charge is 0.241 e. The van der Waals surface area contributed by atoms with Crippen LogP contribution in [0.1, 0.15) is 11.3 Å². The molecular weight excluding hydrogens is 320 g/mol. The lowest BCUT2D eigenvalue weighted by atomic mass is 10.2. The van der Waals surface area contributed by atoms with Crippen molar-refractivity contribution < 1.29 is 12.9 Å². The fourth-order valence-corrected chi connectivity index (χ4v) is 3.22. The van der Waals surface area contributed by atoms with Crippen molar-refractivity contribution in [2.75, 3.05) is 0 Å². The van der Waals surface area contributed by atoms with E-state index >= 15 is 0 Å². The molecule has 1 heterocycles. The molecule has 0 radical (unpaired) electrons. The first-order chi connectivity index (χ1) is 8.49. The molecule has 0 unspecified atom stereocenters. The summed E-state index contributed by atoms with van der Waals surface area (Å²) < 4.78 is 32.0. The highest BCUT2D eigenvalue weighted by Crippen LogP contribution is 2.20. The van der Waals surface area contributed by atoms with Gasteiger partial charge in [0, 0.05) is 10.5 Å². The van der Waals surface area contributed by atoms with Gasteiger partial charge in [-0.3, -0.25) is 0 Å². The molecule has 0 saturated heterocycles. The Bertz CT molecular complexity index is 638.